The number of fused-ring (bicyclic) bond motifs is 1. The van der Waals surface area contributed by atoms with Gasteiger partial charge in [0.2, 0.25) is 5.91 Å². The average Bonchev–Trinajstić information content (AvgIpc) is 3.12. The first-order chi connectivity index (χ1) is 15.7. The molecular formula is C23H25F2N3O5. The number of rotatable bonds is 6. The first-order valence-electron chi connectivity index (χ1n) is 10.6. The van der Waals surface area contributed by atoms with Gasteiger partial charge in [0.05, 0.1) is 13.2 Å². The van der Waals surface area contributed by atoms with Gasteiger partial charge in [0.15, 0.2) is 0 Å². The molecule has 3 unspecified atom stereocenters. The molecule has 2 heterocycles. The topological polar surface area (TPSA) is 111 Å². The van der Waals surface area contributed by atoms with Gasteiger partial charge in [-0.1, -0.05) is 18.2 Å². The zero-order chi connectivity index (χ0) is 23.8. The summed E-state index contributed by atoms with van der Waals surface area (Å²) in [6, 6.07) is 9.46. The molecule has 176 valence electrons. The Morgan fingerprint density at radius 1 is 1.21 bits per heavy atom. The van der Waals surface area contributed by atoms with Crippen molar-refractivity contribution in [3.63, 3.8) is 0 Å². The Kier molecular flexibility index (Phi) is 6.33. The van der Waals surface area contributed by atoms with Gasteiger partial charge in [0.25, 0.3) is 5.91 Å². The van der Waals surface area contributed by atoms with Crippen LogP contribution in [0, 0.1) is 0 Å². The monoisotopic (exact) mass is 461 g/mol. The van der Waals surface area contributed by atoms with Crippen molar-refractivity contribution >= 4 is 11.8 Å². The summed E-state index contributed by atoms with van der Waals surface area (Å²) in [6.07, 6.45) is -1.09. The Bertz CT molecular complexity index is 1050. The van der Waals surface area contributed by atoms with Crippen LogP contribution in [-0.4, -0.2) is 46.3 Å². The number of nitrogens with one attached hydrogen (secondary N) is 2. The number of aliphatic hydroxyl groups excluding tert-OH is 2. The number of hydrogen-bond donors (Lipinski definition) is 4. The summed E-state index contributed by atoms with van der Waals surface area (Å²) in [7, 11) is 1.42. The molecule has 10 heteroatoms. The Hall–Kier alpha value is -3.08. The van der Waals surface area contributed by atoms with Crippen LogP contribution in [0.3, 0.4) is 0 Å². The largest absolute Gasteiger partial charge is 0.497 e. The van der Waals surface area contributed by atoms with Crippen molar-refractivity contribution in [1.29, 1.82) is 0 Å². The number of piperidine rings is 1. The molecule has 0 radical (unpaired) electrons. The summed E-state index contributed by atoms with van der Waals surface area (Å²) in [4.78, 5) is 26.1. The van der Waals surface area contributed by atoms with Crippen molar-refractivity contribution in [3.8, 4) is 5.75 Å². The highest BCUT2D eigenvalue weighted by Crippen LogP contribution is 2.36. The van der Waals surface area contributed by atoms with Gasteiger partial charge in [0, 0.05) is 18.7 Å². The minimum atomic E-state index is -3.71. The maximum Gasteiger partial charge on any atom is 0.349 e. The lowest BCUT2D eigenvalue weighted by Crippen LogP contribution is -2.53. The molecule has 0 bridgehead atoms. The van der Waals surface area contributed by atoms with E-state index in [0.717, 1.165) is 17.7 Å². The molecule has 2 amide bonds. The zero-order valence-corrected chi connectivity index (χ0v) is 17.9. The molecule has 2 aromatic carbocycles. The van der Waals surface area contributed by atoms with Crippen molar-refractivity contribution in [2.75, 3.05) is 7.11 Å². The minimum Gasteiger partial charge on any atom is -0.497 e. The molecule has 2 aromatic rings. The Morgan fingerprint density at radius 3 is 2.61 bits per heavy atom. The van der Waals surface area contributed by atoms with E-state index in [4.69, 9.17) is 4.74 Å². The number of halogens is 2. The molecule has 0 aromatic heterocycles. The fourth-order valence-electron chi connectivity index (χ4n) is 4.22. The van der Waals surface area contributed by atoms with Crippen LogP contribution in [0.5, 0.6) is 5.75 Å². The Labute approximate surface area is 189 Å². The molecule has 4 rings (SSSR count). The van der Waals surface area contributed by atoms with Crippen LogP contribution in [0.2, 0.25) is 0 Å². The van der Waals surface area contributed by atoms with E-state index in [2.05, 4.69) is 10.6 Å². The van der Waals surface area contributed by atoms with Crippen molar-refractivity contribution < 1.29 is 33.3 Å². The minimum absolute atomic E-state index is 0.121. The van der Waals surface area contributed by atoms with E-state index in [0.29, 0.717) is 29.7 Å². The summed E-state index contributed by atoms with van der Waals surface area (Å²) in [5.74, 6) is -5.08. The van der Waals surface area contributed by atoms with Gasteiger partial charge in [0.1, 0.15) is 18.2 Å². The maximum atomic E-state index is 14.5. The first-order valence-corrected chi connectivity index (χ1v) is 10.6. The highest BCUT2D eigenvalue weighted by atomic mass is 19.3. The molecule has 8 nitrogen and oxygen atoms in total. The lowest BCUT2D eigenvalue weighted by atomic mass is 10.0. The number of alkyl halides is 2. The van der Waals surface area contributed by atoms with E-state index < -0.39 is 35.9 Å². The summed E-state index contributed by atoms with van der Waals surface area (Å²) >= 11 is 0. The van der Waals surface area contributed by atoms with E-state index in [1.807, 2.05) is 0 Å². The predicted octanol–water partition coefficient (Wildman–Crippen LogP) is 1.51. The molecule has 1 saturated heterocycles. The van der Waals surface area contributed by atoms with Crippen LogP contribution in [0.4, 0.5) is 8.78 Å². The Balaban J connectivity index is 1.41. The number of aliphatic hydroxyl groups is 2. The summed E-state index contributed by atoms with van der Waals surface area (Å²) in [6.45, 7) is 0.165. The quantitative estimate of drug-likeness (QED) is 0.519. The summed E-state index contributed by atoms with van der Waals surface area (Å²) in [5, 5.41) is 25.0. The molecule has 1 fully saturated rings. The van der Waals surface area contributed by atoms with Crippen LogP contribution in [0.25, 0.3) is 0 Å². The number of methoxy groups -OCH3 is 1. The number of nitrogens with zero attached hydrogens (tertiary/aromatic N) is 1. The highest BCUT2D eigenvalue weighted by Gasteiger charge is 2.41. The normalized spacial score (nSPS) is 23.1. The second-order valence-electron chi connectivity index (χ2n) is 8.18. The van der Waals surface area contributed by atoms with E-state index in [-0.39, 0.29) is 19.0 Å². The number of amides is 2. The van der Waals surface area contributed by atoms with E-state index >= 15 is 0 Å². The number of hydrogen-bond acceptors (Lipinski definition) is 6. The first kappa shape index (κ1) is 23.1. The fourth-order valence-corrected chi connectivity index (χ4v) is 4.22. The molecule has 4 N–H and O–H groups in total. The van der Waals surface area contributed by atoms with Crippen LogP contribution in [0.15, 0.2) is 42.5 Å². The van der Waals surface area contributed by atoms with E-state index in [9.17, 15) is 28.6 Å². The second-order valence-corrected chi connectivity index (χ2v) is 8.18. The molecule has 0 aliphatic carbocycles. The lowest BCUT2D eigenvalue weighted by Gasteiger charge is -2.34. The van der Waals surface area contributed by atoms with E-state index in [1.165, 1.54) is 19.2 Å². The van der Waals surface area contributed by atoms with Gasteiger partial charge < -0.3 is 25.6 Å². The number of benzene rings is 2. The number of carbonyl (C=O) groups excluding carboxylic acids is 2. The zero-order valence-electron chi connectivity index (χ0n) is 17.9. The van der Waals surface area contributed by atoms with Gasteiger partial charge >= 0.3 is 5.92 Å². The SMILES string of the molecule is COc1ccc(C(F)(F)C(=O)NCc2ccc3c(c2)CN(C2CCC(O)NC2=O)C3O)cc1. The molecule has 3 atom stereocenters. The maximum absolute atomic E-state index is 14.5. The third-order valence-electron chi connectivity index (χ3n) is 6.07. The van der Waals surface area contributed by atoms with E-state index in [1.54, 1.807) is 23.1 Å². The van der Waals surface area contributed by atoms with Crippen LogP contribution >= 0.6 is 0 Å². The van der Waals surface area contributed by atoms with Crippen molar-refractivity contribution in [1.82, 2.24) is 15.5 Å². The lowest BCUT2D eigenvalue weighted by molar-refractivity contribution is -0.147. The van der Waals surface area contributed by atoms with Crippen molar-refractivity contribution in [2.45, 2.75) is 50.4 Å². The molecule has 0 saturated carbocycles. The predicted molar refractivity (Wildman–Crippen MR) is 113 cm³/mol. The average molecular weight is 461 g/mol. The summed E-state index contributed by atoms with van der Waals surface area (Å²) < 4.78 is 34.0. The van der Waals surface area contributed by atoms with Gasteiger partial charge in [-0.2, -0.15) is 8.78 Å². The third kappa shape index (κ3) is 4.54. The smallest absolute Gasteiger partial charge is 0.349 e. The van der Waals surface area contributed by atoms with Gasteiger partial charge in [-0.05, 0) is 53.8 Å². The number of ether oxygens (including phenoxy) is 1. The molecule has 2 aliphatic rings. The summed E-state index contributed by atoms with van der Waals surface area (Å²) in [5.41, 5.74) is 1.51. The van der Waals surface area contributed by atoms with Gasteiger partial charge in [-0.3, -0.25) is 14.5 Å². The molecule has 2 aliphatic heterocycles. The molecule has 0 spiro atoms. The highest BCUT2D eigenvalue weighted by molar-refractivity contribution is 5.85. The fraction of sp³-hybridized carbons (Fsp3) is 0.391. The standard InChI is InChI=1S/C23H25F2N3O5/c1-33-16-5-3-15(4-6-16)23(24,25)22(32)26-11-13-2-7-17-14(10-13)12-28(21(17)31)18-8-9-19(29)27-20(18)30/h2-7,10,18-19,21,29,31H,8-9,11-12H2,1H3,(H,26,32)(H,27,30). The Morgan fingerprint density at radius 2 is 1.94 bits per heavy atom. The van der Waals surface area contributed by atoms with Crippen LogP contribution in [-0.2, 0) is 28.6 Å². The number of carbonyl (C=O) groups is 2. The van der Waals surface area contributed by atoms with Gasteiger partial charge in [-0.15, -0.1) is 0 Å². The van der Waals surface area contributed by atoms with Crippen LogP contribution < -0.4 is 15.4 Å². The third-order valence-corrected chi connectivity index (χ3v) is 6.07. The van der Waals surface area contributed by atoms with Crippen molar-refractivity contribution in [3.05, 3.63) is 64.7 Å². The molecule has 33 heavy (non-hydrogen) atoms. The molecular weight excluding hydrogens is 436 g/mol. The van der Waals surface area contributed by atoms with Gasteiger partial charge in [-0.25, -0.2) is 0 Å². The second kappa shape index (κ2) is 9.05. The van der Waals surface area contributed by atoms with Crippen LogP contribution in [0.1, 0.15) is 41.3 Å². The van der Waals surface area contributed by atoms with Crippen molar-refractivity contribution in [2.24, 2.45) is 0 Å².